The highest BCUT2D eigenvalue weighted by molar-refractivity contribution is 6.31. The number of benzene rings is 2. The first kappa shape index (κ1) is 13.5. The van der Waals surface area contributed by atoms with Gasteiger partial charge in [-0.25, -0.2) is 4.98 Å². The summed E-state index contributed by atoms with van der Waals surface area (Å²) < 4.78 is 5.39. The Bertz CT molecular complexity index is 937. The van der Waals surface area contributed by atoms with Gasteiger partial charge in [-0.2, -0.15) is 0 Å². The van der Waals surface area contributed by atoms with Gasteiger partial charge in [-0.1, -0.05) is 36.4 Å². The van der Waals surface area contributed by atoms with E-state index in [1.165, 1.54) is 0 Å². The summed E-state index contributed by atoms with van der Waals surface area (Å²) in [5, 5.41) is 10.1. The van der Waals surface area contributed by atoms with E-state index in [2.05, 4.69) is 9.98 Å². The minimum atomic E-state index is -0.187. The summed E-state index contributed by atoms with van der Waals surface area (Å²) in [5.74, 6) is 0.212. The lowest BCUT2D eigenvalue weighted by atomic mass is 10.0. The molecule has 4 rings (SSSR count). The Hall–Kier alpha value is -3.14. The van der Waals surface area contributed by atoms with Crippen molar-refractivity contribution in [3.8, 4) is 17.4 Å². The summed E-state index contributed by atoms with van der Waals surface area (Å²) in [5.41, 5.74) is 5.05. The number of fused-ring (bicyclic) bond motifs is 1. The maximum atomic E-state index is 10.1. The van der Waals surface area contributed by atoms with Gasteiger partial charge in [0.2, 0.25) is 5.89 Å². The first-order valence-electron chi connectivity index (χ1n) is 7.34. The van der Waals surface area contributed by atoms with Crippen LogP contribution in [0.1, 0.15) is 18.2 Å². The number of aromatic hydroxyl groups is 1. The lowest BCUT2D eigenvalue weighted by Gasteiger charge is -1.99. The third kappa shape index (κ3) is 2.34. The van der Waals surface area contributed by atoms with Crippen LogP contribution in [0.5, 0.6) is 5.95 Å². The second kappa shape index (κ2) is 5.25. The number of nitrogens with zero attached hydrogens (tertiary/aromatic N) is 2. The molecule has 4 heteroatoms. The number of hydrogen-bond acceptors (Lipinski definition) is 4. The van der Waals surface area contributed by atoms with Crippen molar-refractivity contribution >= 4 is 23.0 Å². The molecule has 1 aromatic heterocycles. The van der Waals surface area contributed by atoms with Gasteiger partial charge in [0.05, 0.1) is 5.69 Å². The largest absolute Gasteiger partial charge is 0.479 e. The molecule has 0 amide bonds. The zero-order valence-electron chi connectivity index (χ0n) is 12.5. The Balaban J connectivity index is 1.78. The molecule has 0 saturated carbocycles. The molecule has 2 heterocycles. The Morgan fingerprint density at radius 2 is 1.74 bits per heavy atom. The highest BCUT2D eigenvalue weighted by Gasteiger charge is 2.19. The Morgan fingerprint density at radius 3 is 2.57 bits per heavy atom. The highest BCUT2D eigenvalue weighted by Crippen LogP contribution is 2.37. The van der Waals surface area contributed by atoms with Gasteiger partial charge in [0, 0.05) is 22.4 Å². The lowest BCUT2D eigenvalue weighted by Crippen LogP contribution is -1.90. The van der Waals surface area contributed by atoms with Gasteiger partial charge in [-0.05, 0) is 31.2 Å². The fourth-order valence-corrected chi connectivity index (χ4v) is 2.68. The maximum absolute atomic E-state index is 10.1. The van der Waals surface area contributed by atoms with E-state index >= 15 is 0 Å². The molecule has 112 valence electrons. The molecule has 0 radical (unpaired) electrons. The predicted octanol–water partition coefficient (Wildman–Crippen LogP) is 4.69. The fraction of sp³-hybridized carbons (Fsp3) is 0.0526. The van der Waals surface area contributed by atoms with Crippen molar-refractivity contribution in [3.63, 3.8) is 0 Å². The number of oxazole rings is 1. The van der Waals surface area contributed by atoms with Crippen molar-refractivity contribution in [2.45, 2.75) is 6.92 Å². The van der Waals surface area contributed by atoms with E-state index in [1.807, 2.05) is 67.6 Å². The normalized spacial score (nSPS) is 14.8. The van der Waals surface area contributed by atoms with Crippen LogP contribution < -0.4 is 0 Å². The molecule has 0 bridgehead atoms. The van der Waals surface area contributed by atoms with Gasteiger partial charge < -0.3 is 9.52 Å². The highest BCUT2D eigenvalue weighted by atomic mass is 16.5. The SMILES string of the molecule is CC1=Nc2ccccc2/C1=C\c1nc(-c2ccccc2)oc1O. The Kier molecular flexibility index (Phi) is 3.08. The molecule has 1 aliphatic heterocycles. The summed E-state index contributed by atoms with van der Waals surface area (Å²) >= 11 is 0. The van der Waals surface area contributed by atoms with Crippen molar-refractivity contribution in [2.75, 3.05) is 0 Å². The van der Waals surface area contributed by atoms with Crippen LogP contribution in [0, 0.1) is 0 Å². The molecule has 4 nitrogen and oxygen atoms in total. The van der Waals surface area contributed by atoms with Gasteiger partial charge in [0.25, 0.3) is 0 Å². The van der Waals surface area contributed by atoms with Crippen LogP contribution in [0.2, 0.25) is 0 Å². The summed E-state index contributed by atoms with van der Waals surface area (Å²) in [6.07, 6.45) is 1.82. The van der Waals surface area contributed by atoms with Crippen molar-refractivity contribution in [1.29, 1.82) is 0 Å². The van der Waals surface area contributed by atoms with Crippen LogP contribution in [0.4, 0.5) is 5.69 Å². The quantitative estimate of drug-likeness (QED) is 0.746. The van der Waals surface area contributed by atoms with E-state index in [0.29, 0.717) is 11.6 Å². The van der Waals surface area contributed by atoms with Crippen molar-refractivity contribution in [1.82, 2.24) is 4.98 Å². The van der Waals surface area contributed by atoms with Gasteiger partial charge in [0.1, 0.15) is 5.69 Å². The fourth-order valence-electron chi connectivity index (χ4n) is 2.68. The smallest absolute Gasteiger partial charge is 0.310 e. The molecule has 2 aromatic carbocycles. The average Bonchev–Trinajstić information content (AvgIpc) is 3.10. The standard InChI is InChI=1S/C19H14N2O2/c1-12-15(14-9-5-6-10-16(14)20-12)11-17-19(22)23-18(21-17)13-7-3-2-4-8-13/h2-11,22H,1H3/b15-11-. The average molecular weight is 302 g/mol. The van der Waals surface area contributed by atoms with E-state index in [1.54, 1.807) is 0 Å². The van der Waals surface area contributed by atoms with Crippen LogP contribution in [0.15, 0.2) is 64.0 Å². The van der Waals surface area contributed by atoms with Gasteiger partial charge in [-0.3, -0.25) is 4.99 Å². The molecular formula is C19H14N2O2. The van der Waals surface area contributed by atoms with Gasteiger partial charge >= 0.3 is 5.95 Å². The summed E-state index contributed by atoms with van der Waals surface area (Å²) in [6, 6.07) is 17.4. The molecule has 23 heavy (non-hydrogen) atoms. The molecule has 3 aromatic rings. The van der Waals surface area contributed by atoms with E-state index in [0.717, 1.165) is 28.1 Å². The molecule has 0 fully saturated rings. The second-order valence-electron chi connectivity index (χ2n) is 5.35. The van der Waals surface area contributed by atoms with E-state index < -0.39 is 0 Å². The van der Waals surface area contributed by atoms with Crippen molar-refractivity contribution < 1.29 is 9.52 Å². The van der Waals surface area contributed by atoms with Crippen LogP contribution in [0.25, 0.3) is 23.1 Å². The third-order valence-corrected chi connectivity index (χ3v) is 3.81. The lowest BCUT2D eigenvalue weighted by molar-refractivity contribution is 0.336. The van der Waals surface area contributed by atoms with E-state index in [4.69, 9.17) is 4.42 Å². The molecule has 1 N–H and O–H groups in total. The van der Waals surface area contributed by atoms with Crippen LogP contribution in [-0.4, -0.2) is 15.8 Å². The molecular weight excluding hydrogens is 288 g/mol. The zero-order chi connectivity index (χ0) is 15.8. The molecule has 1 aliphatic rings. The third-order valence-electron chi connectivity index (χ3n) is 3.81. The number of para-hydroxylation sites is 1. The van der Waals surface area contributed by atoms with Crippen LogP contribution >= 0.6 is 0 Å². The predicted molar refractivity (Wildman–Crippen MR) is 90.7 cm³/mol. The van der Waals surface area contributed by atoms with E-state index in [9.17, 15) is 5.11 Å². The second-order valence-corrected chi connectivity index (χ2v) is 5.35. The summed E-state index contributed by atoms with van der Waals surface area (Å²) in [4.78, 5) is 8.94. The zero-order valence-corrected chi connectivity index (χ0v) is 12.5. The minimum absolute atomic E-state index is 0.187. The Morgan fingerprint density at radius 1 is 1.00 bits per heavy atom. The molecule has 0 atom stereocenters. The number of hydrogen-bond donors (Lipinski definition) is 1. The number of aliphatic imine (C=N–C) groups is 1. The molecule has 0 unspecified atom stereocenters. The number of allylic oxidation sites excluding steroid dienone is 1. The topological polar surface area (TPSA) is 58.6 Å². The minimum Gasteiger partial charge on any atom is -0.479 e. The molecule has 0 spiro atoms. The number of rotatable bonds is 2. The van der Waals surface area contributed by atoms with Crippen molar-refractivity contribution in [3.05, 3.63) is 65.9 Å². The molecule has 0 saturated heterocycles. The van der Waals surface area contributed by atoms with Crippen LogP contribution in [0.3, 0.4) is 0 Å². The maximum Gasteiger partial charge on any atom is 0.310 e. The first-order valence-corrected chi connectivity index (χ1v) is 7.34. The van der Waals surface area contributed by atoms with Crippen molar-refractivity contribution in [2.24, 2.45) is 4.99 Å². The van der Waals surface area contributed by atoms with Gasteiger partial charge in [-0.15, -0.1) is 0 Å². The Labute approximate surface area is 133 Å². The number of aromatic nitrogens is 1. The monoisotopic (exact) mass is 302 g/mol. The first-order chi connectivity index (χ1) is 11.2. The summed E-state index contributed by atoms with van der Waals surface area (Å²) in [7, 11) is 0. The van der Waals surface area contributed by atoms with E-state index in [-0.39, 0.29) is 5.95 Å². The van der Waals surface area contributed by atoms with Gasteiger partial charge in [0.15, 0.2) is 0 Å². The molecule has 0 aliphatic carbocycles. The summed E-state index contributed by atoms with van der Waals surface area (Å²) in [6.45, 7) is 1.95. The van der Waals surface area contributed by atoms with Crippen LogP contribution in [-0.2, 0) is 0 Å².